The Morgan fingerprint density at radius 1 is 0.852 bits per heavy atom. The number of amides is 1. The summed E-state index contributed by atoms with van der Waals surface area (Å²) in [6, 6.07) is 23.0. The van der Waals surface area contributed by atoms with Crippen LogP contribution in [0.5, 0.6) is 11.5 Å². The minimum atomic E-state index is -0.235. The lowest BCUT2D eigenvalue weighted by atomic mass is 10.2. The van der Waals surface area contributed by atoms with Crippen molar-refractivity contribution >= 4 is 23.0 Å². The van der Waals surface area contributed by atoms with Gasteiger partial charge in [-0.15, -0.1) is 0 Å². The number of rotatable bonds is 7. The molecule has 0 spiro atoms. The van der Waals surface area contributed by atoms with Gasteiger partial charge in [0.2, 0.25) is 0 Å². The molecule has 27 heavy (non-hydrogen) atoms. The Morgan fingerprint density at radius 2 is 1.52 bits per heavy atom. The van der Waals surface area contributed by atoms with E-state index in [1.54, 1.807) is 13.2 Å². The highest BCUT2D eigenvalue weighted by Gasteiger charge is 2.08. The van der Waals surface area contributed by atoms with Crippen LogP contribution in [-0.2, 0) is 4.79 Å². The predicted octanol–water partition coefficient (Wildman–Crippen LogP) is 4.76. The standard InChI is InChI=1S/C22H22N2O3/c1-16-8-13-20(21(14-16)26-2)27-15-22(25)24-19-11-9-18(10-12-19)23-17-6-4-3-5-7-17/h3-14,23H,15H2,1-2H3,(H,24,25). The molecule has 0 aliphatic carbocycles. The van der Waals surface area contributed by atoms with Gasteiger partial charge in [-0.05, 0) is 61.0 Å². The average Bonchev–Trinajstić information content (AvgIpc) is 2.69. The zero-order chi connectivity index (χ0) is 19.1. The fourth-order valence-corrected chi connectivity index (χ4v) is 2.56. The molecule has 2 N–H and O–H groups in total. The molecule has 0 saturated carbocycles. The number of carbonyl (C=O) groups excluding carboxylic acids is 1. The summed E-state index contributed by atoms with van der Waals surface area (Å²) in [5.41, 5.74) is 3.72. The van der Waals surface area contributed by atoms with Crippen LogP contribution < -0.4 is 20.1 Å². The third kappa shape index (κ3) is 5.25. The third-order valence-corrected chi connectivity index (χ3v) is 3.91. The molecule has 3 rings (SSSR count). The number of para-hydroxylation sites is 1. The maximum absolute atomic E-state index is 12.1. The van der Waals surface area contributed by atoms with E-state index < -0.39 is 0 Å². The van der Waals surface area contributed by atoms with E-state index in [4.69, 9.17) is 9.47 Å². The lowest BCUT2D eigenvalue weighted by Crippen LogP contribution is -2.20. The van der Waals surface area contributed by atoms with Crippen molar-refractivity contribution in [2.24, 2.45) is 0 Å². The third-order valence-electron chi connectivity index (χ3n) is 3.91. The molecular weight excluding hydrogens is 340 g/mol. The number of anilines is 3. The molecule has 0 unspecified atom stereocenters. The van der Waals surface area contributed by atoms with Gasteiger partial charge in [-0.2, -0.15) is 0 Å². The summed E-state index contributed by atoms with van der Waals surface area (Å²) in [6.07, 6.45) is 0. The molecule has 138 valence electrons. The summed E-state index contributed by atoms with van der Waals surface area (Å²) < 4.78 is 10.8. The number of benzene rings is 3. The van der Waals surface area contributed by atoms with Gasteiger partial charge < -0.3 is 20.1 Å². The molecule has 5 nitrogen and oxygen atoms in total. The highest BCUT2D eigenvalue weighted by Crippen LogP contribution is 2.27. The minimum Gasteiger partial charge on any atom is -0.493 e. The van der Waals surface area contributed by atoms with E-state index in [0.29, 0.717) is 17.2 Å². The van der Waals surface area contributed by atoms with Crippen molar-refractivity contribution in [1.29, 1.82) is 0 Å². The zero-order valence-electron chi connectivity index (χ0n) is 15.4. The van der Waals surface area contributed by atoms with Crippen molar-refractivity contribution in [3.63, 3.8) is 0 Å². The summed E-state index contributed by atoms with van der Waals surface area (Å²) in [7, 11) is 1.58. The number of aryl methyl sites for hydroxylation is 1. The Kier molecular flexibility index (Phi) is 5.94. The first-order chi connectivity index (χ1) is 13.1. The molecule has 0 aromatic heterocycles. The molecule has 0 bridgehead atoms. The molecule has 0 radical (unpaired) electrons. The van der Waals surface area contributed by atoms with Crippen molar-refractivity contribution < 1.29 is 14.3 Å². The number of carbonyl (C=O) groups is 1. The molecule has 0 heterocycles. The Bertz CT molecular complexity index is 893. The molecule has 3 aromatic carbocycles. The van der Waals surface area contributed by atoms with Crippen LogP contribution in [0.3, 0.4) is 0 Å². The van der Waals surface area contributed by atoms with Crippen LogP contribution in [-0.4, -0.2) is 19.6 Å². The van der Waals surface area contributed by atoms with E-state index in [0.717, 1.165) is 16.9 Å². The van der Waals surface area contributed by atoms with Crippen molar-refractivity contribution in [1.82, 2.24) is 0 Å². The van der Waals surface area contributed by atoms with Gasteiger partial charge >= 0.3 is 0 Å². The van der Waals surface area contributed by atoms with Crippen molar-refractivity contribution in [2.75, 3.05) is 24.4 Å². The first-order valence-electron chi connectivity index (χ1n) is 8.63. The second-order valence-electron chi connectivity index (χ2n) is 6.06. The summed E-state index contributed by atoms with van der Waals surface area (Å²) in [5.74, 6) is 0.918. The van der Waals surface area contributed by atoms with Gasteiger partial charge in [0.1, 0.15) is 0 Å². The molecule has 0 aliphatic heterocycles. The smallest absolute Gasteiger partial charge is 0.262 e. The number of hydrogen-bond donors (Lipinski definition) is 2. The van der Waals surface area contributed by atoms with E-state index in [2.05, 4.69) is 10.6 Å². The second kappa shape index (κ2) is 8.76. The normalized spacial score (nSPS) is 10.1. The first-order valence-corrected chi connectivity index (χ1v) is 8.63. The highest BCUT2D eigenvalue weighted by atomic mass is 16.5. The van der Waals surface area contributed by atoms with Crippen LogP contribution in [0.2, 0.25) is 0 Å². The number of ether oxygens (including phenoxy) is 2. The van der Waals surface area contributed by atoms with Crippen LogP contribution in [0.15, 0.2) is 72.8 Å². The quantitative estimate of drug-likeness (QED) is 0.636. The topological polar surface area (TPSA) is 59.6 Å². The fourth-order valence-electron chi connectivity index (χ4n) is 2.56. The highest BCUT2D eigenvalue weighted by molar-refractivity contribution is 5.92. The molecule has 5 heteroatoms. The average molecular weight is 362 g/mol. The number of hydrogen-bond acceptors (Lipinski definition) is 4. The van der Waals surface area contributed by atoms with Gasteiger partial charge in [0.05, 0.1) is 7.11 Å². The van der Waals surface area contributed by atoms with Gasteiger partial charge in [-0.25, -0.2) is 0 Å². The summed E-state index contributed by atoms with van der Waals surface area (Å²) in [5, 5.41) is 6.12. The van der Waals surface area contributed by atoms with Gasteiger partial charge in [0, 0.05) is 17.1 Å². The number of nitrogens with one attached hydrogen (secondary N) is 2. The molecule has 0 fully saturated rings. The van der Waals surface area contributed by atoms with Crippen LogP contribution in [0, 0.1) is 6.92 Å². The van der Waals surface area contributed by atoms with E-state index >= 15 is 0 Å². The molecule has 0 saturated heterocycles. The van der Waals surface area contributed by atoms with Gasteiger partial charge in [-0.3, -0.25) is 4.79 Å². The maximum Gasteiger partial charge on any atom is 0.262 e. The fraction of sp³-hybridized carbons (Fsp3) is 0.136. The van der Waals surface area contributed by atoms with Crippen LogP contribution >= 0.6 is 0 Å². The van der Waals surface area contributed by atoms with Crippen LogP contribution in [0.1, 0.15) is 5.56 Å². The Morgan fingerprint density at radius 3 is 2.22 bits per heavy atom. The summed E-state index contributed by atoms with van der Waals surface area (Å²) in [6.45, 7) is 1.87. The van der Waals surface area contributed by atoms with Crippen molar-refractivity contribution in [3.8, 4) is 11.5 Å². The van der Waals surface area contributed by atoms with E-state index in [-0.39, 0.29) is 12.5 Å². The van der Waals surface area contributed by atoms with Gasteiger partial charge in [0.15, 0.2) is 18.1 Å². The van der Waals surface area contributed by atoms with Crippen molar-refractivity contribution in [2.45, 2.75) is 6.92 Å². The lowest BCUT2D eigenvalue weighted by molar-refractivity contribution is -0.118. The molecular formula is C22H22N2O3. The molecule has 0 atom stereocenters. The van der Waals surface area contributed by atoms with E-state index in [1.165, 1.54) is 0 Å². The summed E-state index contributed by atoms with van der Waals surface area (Å²) in [4.78, 5) is 12.1. The van der Waals surface area contributed by atoms with E-state index in [9.17, 15) is 4.79 Å². The predicted molar refractivity (Wildman–Crippen MR) is 108 cm³/mol. The van der Waals surface area contributed by atoms with Gasteiger partial charge in [-0.1, -0.05) is 24.3 Å². The minimum absolute atomic E-state index is 0.0938. The van der Waals surface area contributed by atoms with Crippen LogP contribution in [0.25, 0.3) is 0 Å². The van der Waals surface area contributed by atoms with Crippen LogP contribution in [0.4, 0.5) is 17.1 Å². The molecule has 3 aromatic rings. The van der Waals surface area contributed by atoms with E-state index in [1.807, 2.05) is 73.7 Å². The Balaban J connectivity index is 1.53. The largest absolute Gasteiger partial charge is 0.493 e. The maximum atomic E-state index is 12.1. The Labute approximate surface area is 158 Å². The molecule has 1 amide bonds. The summed E-state index contributed by atoms with van der Waals surface area (Å²) >= 11 is 0. The van der Waals surface area contributed by atoms with Crippen molar-refractivity contribution in [3.05, 3.63) is 78.4 Å². The lowest BCUT2D eigenvalue weighted by Gasteiger charge is -2.12. The molecule has 0 aliphatic rings. The number of methoxy groups -OCH3 is 1. The monoisotopic (exact) mass is 362 g/mol. The SMILES string of the molecule is COc1cc(C)ccc1OCC(=O)Nc1ccc(Nc2ccccc2)cc1. The van der Waals surface area contributed by atoms with Gasteiger partial charge in [0.25, 0.3) is 5.91 Å². The Hall–Kier alpha value is -3.47. The first kappa shape index (κ1) is 18.3. The zero-order valence-corrected chi connectivity index (χ0v) is 15.4. The second-order valence-corrected chi connectivity index (χ2v) is 6.06.